The topological polar surface area (TPSA) is 63.7 Å². The van der Waals surface area contributed by atoms with Crippen LogP contribution in [0.2, 0.25) is 0 Å². The first-order valence-electron chi connectivity index (χ1n) is 10.4. The highest BCUT2D eigenvalue weighted by Crippen LogP contribution is 2.16. The van der Waals surface area contributed by atoms with Gasteiger partial charge in [0, 0.05) is 65.0 Å². The van der Waals surface area contributed by atoms with Crippen LogP contribution in [0.1, 0.15) is 19.8 Å². The highest BCUT2D eigenvalue weighted by Gasteiger charge is 2.31. The van der Waals surface area contributed by atoms with Gasteiger partial charge in [-0.3, -0.25) is 14.7 Å². The Morgan fingerprint density at radius 3 is 2.52 bits per heavy atom. The summed E-state index contributed by atoms with van der Waals surface area (Å²) >= 11 is 0. The molecule has 3 rings (SSSR count). The van der Waals surface area contributed by atoms with E-state index < -0.39 is 0 Å². The van der Waals surface area contributed by atoms with E-state index in [1.807, 2.05) is 4.90 Å². The Hall–Kier alpha value is -1.38. The Kier molecular flexibility index (Phi) is 7.32. The van der Waals surface area contributed by atoms with Gasteiger partial charge in [0.05, 0.1) is 6.54 Å². The van der Waals surface area contributed by atoms with Gasteiger partial charge in [-0.1, -0.05) is 0 Å². The molecule has 3 aliphatic heterocycles. The lowest BCUT2D eigenvalue weighted by atomic mass is 10.2. The number of amides is 1. The highest BCUT2D eigenvalue weighted by atomic mass is 16.5. The minimum atomic E-state index is -0.211. The van der Waals surface area contributed by atoms with E-state index in [-0.39, 0.29) is 12.0 Å². The largest absolute Gasteiger partial charge is 0.368 e. The molecule has 3 fully saturated rings. The molecule has 0 aromatic heterocycles. The van der Waals surface area contributed by atoms with Crippen molar-refractivity contribution < 1.29 is 9.53 Å². The summed E-state index contributed by atoms with van der Waals surface area (Å²) in [6.45, 7) is 10.9. The lowest BCUT2D eigenvalue weighted by Gasteiger charge is -2.39. The first-order valence-corrected chi connectivity index (χ1v) is 10.4. The van der Waals surface area contributed by atoms with Crippen LogP contribution in [0.15, 0.2) is 4.99 Å². The van der Waals surface area contributed by atoms with Gasteiger partial charge in [-0.25, -0.2) is 0 Å². The van der Waals surface area contributed by atoms with E-state index in [1.54, 1.807) is 0 Å². The molecule has 8 nitrogen and oxygen atoms in total. The third-order valence-corrected chi connectivity index (χ3v) is 5.86. The molecule has 154 valence electrons. The Labute approximate surface area is 163 Å². The van der Waals surface area contributed by atoms with Gasteiger partial charge >= 0.3 is 0 Å². The average Bonchev–Trinajstić information content (AvgIpc) is 3.22. The maximum atomic E-state index is 12.5. The van der Waals surface area contributed by atoms with E-state index in [0.717, 1.165) is 84.3 Å². The summed E-state index contributed by atoms with van der Waals surface area (Å²) in [5.41, 5.74) is 0. The van der Waals surface area contributed by atoms with Gasteiger partial charge in [0.1, 0.15) is 6.10 Å². The third-order valence-electron chi connectivity index (χ3n) is 5.86. The van der Waals surface area contributed by atoms with Crippen molar-refractivity contribution in [2.45, 2.75) is 31.9 Å². The van der Waals surface area contributed by atoms with Crippen molar-refractivity contribution in [2.24, 2.45) is 4.99 Å². The molecule has 0 bridgehead atoms. The van der Waals surface area contributed by atoms with Crippen LogP contribution < -0.4 is 5.32 Å². The number of rotatable bonds is 4. The van der Waals surface area contributed by atoms with Crippen LogP contribution in [0.4, 0.5) is 0 Å². The number of piperazine rings is 2. The molecular formula is C19H36N6O2. The summed E-state index contributed by atoms with van der Waals surface area (Å²) in [4.78, 5) is 26.5. The van der Waals surface area contributed by atoms with Gasteiger partial charge < -0.3 is 24.8 Å². The first kappa shape index (κ1) is 20.4. The predicted molar refractivity (Wildman–Crippen MR) is 107 cm³/mol. The van der Waals surface area contributed by atoms with Gasteiger partial charge in [0.15, 0.2) is 5.96 Å². The monoisotopic (exact) mass is 380 g/mol. The summed E-state index contributed by atoms with van der Waals surface area (Å²) in [7, 11) is 4.37. The van der Waals surface area contributed by atoms with Crippen LogP contribution >= 0.6 is 0 Å². The molecule has 0 aromatic carbocycles. The third kappa shape index (κ3) is 5.33. The number of guanidine groups is 1. The fraction of sp³-hybridized carbons (Fsp3) is 0.895. The number of hydrogen-bond donors (Lipinski definition) is 1. The normalized spacial score (nSPS) is 28.6. The van der Waals surface area contributed by atoms with Crippen molar-refractivity contribution in [1.82, 2.24) is 24.9 Å². The van der Waals surface area contributed by atoms with Gasteiger partial charge in [0.2, 0.25) is 0 Å². The number of ether oxygens (including phenoxy) is 1. The Bertz CT molecular complexity index is 514. The van der Waals surface area contributed by atoms with E-state index in [2.05, 4.69) is 41.0 Å². The number of hydrogen-bond acceptors (Lipinski definition) is 5. The molecule has 1 N–H and O–H groups in total. The molecule has 0 aliphatic carbocycles. The molecule has 8 heteroatoms. The van der Waals surface area contributed by atoms with E-state index in [9.17, 15) is 4.79 Å². The molecular weight excluding hydrogens is 344 g/mol. The number of nitrogens with zero attached hydrogens (tertiary/aromatic N) is 5. The van der Waals surface area contributed by atoms with Crippen LogP contribution in [0.25, 0.3) is 0 Å². The lowest BCUT2D eigenvalue weighted by molar-refractivity contribution is -0.142. The molecule has 1 amide bonds. The van der Waals surface area contributed by atoms with Gasteiger partial charge in [-0.05, 0) is 33.9 Å². The fourth-order valence-electron chi connectivity index (χ4n) is 4.03. The molecule has 27 heavy (non-hydrogen) atoms. The molecule has 0 radical (unpaired) electrons. The number of likely N-dealkylation sites (N-methyl/N-ethyl adjacent to an activating group) is 2. The second-order valence-corrected chi connectivity index (χ2v) is 7.91. The zero-order chi connectivity index (χ0) is 19.2. The van der Waals surface area contributed by atoms with Crippen molar-refractivity contribution >= 4 is 11.9 Å². The molecule has 2 atom stereocenters. The van der Waals surface area contributed by atoms with Crippen molar-refractivity contribution in [3.05, 3.63) is 0 Å². The molecule has 2 unspecified atom stereocenters. The Morgan fingerprint density at radius 2 is 1.85 bits per heavy atom. The van der Waals surface area contributed by atoms with Crippen LogP contribution in [-0.2, 0) is 9.53 Å². The zero-order valence-corrected chi connectivity index (χ0v) is 17.2. The Morgan fingerprint density at radius 1 is 1.11 bits per heavy atom. The molecule has 3 heterocycles. The molecule has 3 saturated heterocycles. The second kappa shape index (κ2) is 9.71. The quantitative estimate of drug-likeness (QED) is 0.525. The minimum Gasteiger partial charge on any atom is -0.368 e. The number of carbonyl (C=O) groups excluding carboxylic acids is 1. The summed E-state index contributed by atoms with van der Waals surface area (Å²) in [5.74, 6) is 1.14. The predicted octanol–water partition coefficient (Wildman–Crippen LogP) is -0.479. The molecule has 3 aliphatic rings. The van der Waals surface area contributed by atoms with Crippen LogP contribution in [0.3, 0.4) is 0 Å². The minimum absolute atomic E-state index is 0.168. The SMILES string of the molecule is CCNC(=NCC1CN(C)CCN1C)N1CCN(C(=O)C2CCCO2)CC1. The fourth-order valence-corrected chi connectivity index (χ4v) is 4.03. The molecule has 0 saturated carbocycles. The summed E-state index contributed by atoms with van der Waals surface area (Å²) in [5, 5.41) is 3.43. The van der Waals surface area contributed by atoms with E-state index in [4.69, 9.17) is 9.73 Å². The lowest BCUT2D eigenvalue weighted by Crippen LogP contribution is -2.56. The van der Waals surface area contributed by atoms with Crippen LogP contribution in [0.5, 0.6) is 0 Å². The maximum Gasteiger partial charge on any atom is 0.251 e. The standard InChI is InChI=1S/C19H36N6O2/c1-4-20-19(21-14-16-15-22(2)7-8-23(16)3)25-11-9-24(10-12-25)18(26)17-6-5-13-27-17/h16-17H,4-15H2,1-3H3,(H,20,21). The van der Waals surface area contributed by atoms with E-state index >= 15 is 0 Å². The summed E-state index contributed by atoms with van der Waals surface area (Å²) in [6, 6.07) is 0.458. The van der Waals surface area contributed by atoms with Gasteiger partial charge in [0.25, 0.3) is 5.91 Å². The van der Waals surface area contributed by atoms with Gasteiger partial charge in [-0.2, -0.15) is 0 Å². The summed E-state index contributed by atoms with van der Waals surface area (Å²) < 4.78 is 5.56. The molecule has 0 spiro atoms. The second-order valence-electron chi connectivity index (χ2n) is 7.91. The van der Waals surface area contributed by atoms with Gasteiger partial charge in [-0.15, -0.1) is 0 Å². The maximum absolute atomic E-state index is 12.5. The average molecular weight is 381 g/mol. The zero-order valence-electron chi connectivity index (χ0n) is 17.2. The Balaban J connectivity index is 1.53. The summed E-state index contributed by atoms with van der Waals surface area (Å²) in [6.07, 6.45) is 1.66. The van der Waals surface area contributed by atoms with Crippen LogP contribution in [0, 0.1) is 0 Å². The smallest absolute Gasteiger partial charge is 0.251 e. The number of carbonyl (C=O) groups is 1. The van der Waals surface area contributed by atoms with Crippen molar-refractivity contribution in [1.29, 1.82) is 0 Å². The highest BCUT2D eigenvalue weighted by molar-refractivity contribution is 5.82. The van der Waals surface area contributed by atoms with E-state index in [1.165, 1.54) is 0 Å². The number of aliphatic imine (C=N–C) groups is 1. The van der Waals surface area contributed by atoms with Crippen molar-refractivity contribution in [3.8, 4) is 0 Å². The van der Waals surface area contributed by atoms with E-state index in [0.29, 0.717) is 6.04 Å². The van der Waals surface area contributed by atoms with Crippen molar-refractivity contribution in [2.75, 3.05) is 79.6 Å². The van der Waals surface area contributed by atoms with Crippen LogP contribution in [-0.4, -0.2) is 123 Å². The number of nitrogens with one attached hydrogen (secondary N) is 1. The first-order chi connectivity index (χ1) is 13.1. The van der Waals surface area contributed by atoms with Crippen molar-refractivity contribution in [3.63, 3.8) is 0 Å². The molecule has 0 aromatic rings.